The Morgan fingerprint density at radius 1 is 1.03 bits per heavy atom. The van der Waals surface area contributed by atoms with Gasteiger partial charge in [-0.2, -0.15) is 0 Å². The molecule has 0 saturated carbocycles. The van der Waals surface area contributed by atoms with Crippen LogP contribution in [0.3, 0.4) is 0 Å². The molecule has 2 atom stereocenters. The van der Waals surface area contributed by atoms with E-state index in [0.29, 0.717) is 19.4 Å². The Kier molecular flexibility index (Phi) is 7.33. The molecule has 0 aromatic heterocycles. The number of carbonyl (C=O) groups excluding carboxylic acids is 2. The quantitative estimate of drug-likeness (QED) is 0.665. The topological polar surface area (TPSA) is 67.9 Å². The molecular formula is C24H30N2O4. The van der Waals surface area contributed by atoms with Crippen LogP contribution in [-0.4, -0.2) is 32.6 Å². The average molecular weight is 411 g/mol. The van der Waals surface area contributed by atoms with E-state index < -0.39 is 0 Å². The molecule has 1 heterocycles. The fourth-order valence-corrected chi connectivity index (χ4v) is 3.92. The third-order valence-corrected chi connectivity index (χ3v) is 5.57. The van der Waals surface area contributed by atoms with Crippen molar-refractivity contribution in [1.82, 2.24) is 5.32 Å². The van der Waals surface area contributed by atoms with E-state index in [9.17, 15) is 9.59 Å². The molecule has 0 radical (unpaired) electrons. The standard InChI is InChI=1S/C24H30N2O4/c1-4-5-16-25-24(28)21-14-15-22(27)26(18-8-12-20(30-3)13-9-18)23(21)17-6-10-19(29-2)11-7-17/h6-13,21,23H,4-5,14-16H2,1-3H3,(H,25,28). The van der Waals surface area contributed by atoms with Gasteiger partial charge in [0, 0.05) is 18.7 Å². The van der Waals surface area contributed by atoms with Gasteiger partial charge < -0.3 is 19.7 Å². The molecule has 1 aliphatic heterocycles. The first kappa shape index (κ1) is 21.7. The second-order valence-electron chi connectivity index (χ2n) is 7.47. The van der Waals surface area contributed by atoms with Gasteiger partial charge in [0.1, 0.15) is 11.5 Å². The number of rotatable bonds is 8. The van der Waals surface area contributed by atoms with Crippen LogP contribution in [0, 0.1) is 5.92 Å². The van der Waals surface area contributed by atoms with Crippen molar-refractivity contribution < 1.29 is 19.1 Å². The first-order chi connectivity index (χ1) is 14.6. The average Bonchev–Trinajstić information content (AvgIpc) is 2.79. The molecule has 1 aliphatic rings. The van der Waals surface area contributed by atoms with Gasteiger partial charge in [0.15, 0.2) is 0 Å². The summed E-state index contributed by atoms with van der Waals surface area (Å²) in [6, 6.07) is 14.6. The second kappa shape index (κ2) is 10.1. The van der Waals surface area contributed by atoms with E-state index in [2.05, 4.69) is 12.2 Å². The normalized spacial score (nSPS) is 18.8. The molecule has 1 fully saturated rings. The van der Waals surface area contributed by atoms with E-state index in [1.165, 1.54) is 0 Å². The number of carbonyl (C=O) groups is 2. The molecule has 6 heteroatoms. The van der Waals surface area contributed by atoms with Crippen molar-refractivity contribution in [3.05, 3.63) is 54.1 Å². The summed E-state index contributed by atoms with van der Waals surface area (Å²) < 4.78 is 10.5. The Hall–Kier alpha value is -3.02. The summed E-state index contributed by atoms with van der Waals surface area (Å²) in [6.07, 6.45) is 2.82. The second-order valence-corrected chi connectivity index (χ2v) is 7.47. The lowest BCUT2D eigenvalue weighted by molar-refractivity contribution is -0.129. The number of hydrogen-bond acceptors (Lipinski definition) is 4. The van der Waals surface area contributed by atoms with Crippen LogP contribution in [0.25, 0.3) is 0 Å². The summed E-state index contributed by atoms with van der Waals surface area (Å²) in [7, 11) is 3.23. The predicted octanol–water partition coefficient (Wildman–Crippen LogP) is 4.10. The van der Waals surface area contributed by atoms with Gasteiger partial charge in [-0.3, -0.25) is 9.59 Å². The van der Waals surface area contributed by atoms with Crippen LogP contribution in [0.2, 0.25) is 0 Å². The van der Waals surface area contributed by atoms with Crippen molar-refractivity contribution in [1.29, 1.82) is 0 Å². The van der Waals surface area contributed by atoms with Crippen molar-refractivity contribution in [2.75, 3.05) is 25.7 Å². The largest absolute Gasteiger partial charge is 0.497 e. The third kappa shape index (κ3) is 4.75. The number of methoxy groups -OCH3 is 2. The minimum Gasteiger partial charge on any atom is -0.497 e. The van der Waals surface area contributed by atoms with E-state index in [-0.39, 0.29) is 23.8 Å². The lowest BCUT2D eigenvalue weighted by atomic mass is 9.83. The van der Waals surface area contributed by atoms with Gasteiger partial charge in [0.05, 0.1) is 26.2 Å². The zero-order valence-electron chi connectivity index (χ0n) is 17.9. The number of benzene rings is 2. The molecule has 2 aromatic rings. The van der Waals surface area contributed by atoms with E-state index in [0.717, 1.165) is 35.6 Å². The number of hydrogen-bond donors (Lipinski definition) is 1. The van der Waals surface area contributed by atoms with Gasteiger partial charge in [-0.05, 0) is 54.8 Å². The number of nitrogens with one attached hydrogen (secondary N) is 1. The van der Waals surface area contributed by atoms with Crippen LogP contribution in [-0.2, 0) is 9.59 Å². The Morgan fingerprint density at radius 2 is 1.63 bits per heavy atom. The van der Waals surface area contributed by atoms with Crippen molar-refractivity contribution in [2.24, 2.45) is 5.92 Å². The van der Waals surface area contributed by atoms with E-state index in [1.54, 1.807) is 19.1 Å². The van der Waals surface area contributed by atoms with Crippen LogP contribution < -0.4 is 19.7 Å². The van der Waals surface area contributed by atoms with E-state index >= 15 is 0 Å². The van der Waals surface area contributed by atoms with Crippen LogP contribution in [0.1, 0.15) is 44.2 Å². The van der Waals surface area contributed by atoms with Gasteiger partial charge in [0.25, 0.3) is 0 Å². The van der Waals surface area contributed by atoms with Gasteiger partial charge in [-0.15, -0.1) is 0 Å². The molecule has 0 spiro atoms. The van der Waals surface area contributed by atoms with Gasteiger partial charge in [-0.25, -0.2) is 0 Å². The molecule has 2 unspecified atom stereocenters. The van der Waals surface area contributed by atoms with Crippen LogP contribution in [0.15, 0.2) is 48.5 Å². The highest BCUT2D eigenvalue weighted by Gasteiger charge is 2.41. The van der Waals surface area contributed by atoms with Crippen LogP contribution in [0.4, 0.5) is 5.69 Å². The van der Waals surface area contributed by atoms with Gasteiger partial charge in [0.2, 0.25) is 11.8 Å². The smallest absolute Gasteiger partial charge is 0.227 e. The summed E-state index contributed by atoms with van der Waals surface area (Å²) >= 11 is 0. The zero-order chi connectivity index (χ0) is 21.5. The SMILES string of the molecule is CCCCNC(=O)C1CCC(=O)N(c2ccc(OC)cc2)C1c1ccc(OC)cc1. The minimum absolute atomic E-state index is 0.00437. The molecule has 3 rings (SSSR count). The van der Waals surface area contributed by atoms with E-state index in [1.807, 2.05) is 48.5 Å². The Balaban J connectivity index is 1.99. The molecule has 2 amide bonds. The van der Waals surface area contributed by atoms with Crippen molar-refractivity contribution in [2.45, 2.75) is 38.6 Å². The highest BCUT2D eigenvalue weighted by atomic mass is 16.5. The highest BCUT2D eigenvalue weighted by molar-refractivity contribution is 5.97. The van der Waals surface area contributed by atoms with Crippen molar-refractivity contribution in [3.63, 3.8) is 0 Å². The Morgan fingerprint density at radius 3 is 2.20 bits per heavy atom. The molecule has 0 bridgehead atoms. The Bertz CT molecular complexity index is 849. The highest BCUT2D eigenvalue weighted by Crippen LogP contribution is 2.40. The molecule has 1 N–H and O–H groups in total. The van der Waals surface area contributed by atoms with Gasteiger partial charge in [-0.1, -0.05) is 25.5 Å². The van der Waals surface area contributed by atoms with Crippen molar-refractivity contribution in [3.8, 4) is 11.5 Å². The first-order valence-corrected chi connectivity index (χ1v) is 10.5. The molecule has 1 saturated heterocycles. The predicted molar refractivity (Wildman–Crippen MR) is 117 cm³/mol. The summed E-state index contributed by atoms with van der Waals surface area (Å²) in [4.78, 5) is 27.9. The minimum atomic E-state index is -0.382. The van der Waals surface area contributed by atoms with Crippen LogP contribution in [0.5, 0.6) is 11.5 Å². The van der Waals surface area contributed by atoms with E-state index in [4.69, 9.17) is 9.47 Å². The Labute approximate surface area is 178 Å². The summed E-state index contributed by atoms with van der Waals surface area (Å²) in [5.41, 5.74) is 1.67. The number of piperidine rings is 1. The lowest BCUT2D eigenvalue weighted by Gasteiger charge is -2.41. The maximum absolute atomic E-state index is 13.1. The number of ether oxygens (including phenoxy) is 2. The third-order valence-electron chi connectivity index (χ3n) is 5.57. The fourth-order valence-electron chi connectivity index (χ4n) is 3.92. The number of nitrogens with zero attached hydrogens (tertiary/aromatic N) is 1. The molecular weight excluding hydrogens is 380 g/mol. The summed E-state index contributed by atoms with van der Waals surface area (Å²) in [6.45, 7) is 2.74. The zero-order valence-corrected chi connectivity index (χ0v) is 17.9. The molecule has 6 nitrogen and oxygen atoms in total. The van der Waals surface area contributed by atoms with Crippen LogP contribution >= 0.6 is 0 Å². The number of anilines is 1. The fraction of sp³-hybridized carbons (Fsp3) is 0.417. The monoisotopic (exact) mass is 410 g/mol. The van der Waals surface area contributed by atoms with Crippen molar-refractivity contribution >= 4 is 17.5 Å². The summed E-state index contributed by atoms with van der Waals surface area (Å²) in [5.74, 6) is 1.14. The number of unbranched alkanes of at least 4 members (excludes halogenated alkanes) is 1. The summed E-state index contributed by atoms with van der Waals surface area (Å²) in [5, 5.41) is 3.06. The maximum Gasteiger partial charge on any atom is 0.227 e. The lowest BCUT2D eigenvalue weighted by Crippen LogP contribution is -2.48. The molecule has 30 heavy (non-hydrogen) atoms. The number of amides is 2. The first-order valence-electron chi connectivity index (χ1n) is 10.5. The molecule has 2 aromatic carbocycles. The van der Waals surface area contributed by atoms with Gasteiger partial charge >= 0.3 is 0 Å². The molecule has 160 valence electrons. The maximum atomic E-state index is 13.1. The molecule has 0 aliphatic carbocycles.